The van der Waals surface area contributed by atoms with E-state index in [9.17, 15) is 9.18 Å². The number of hydrogen-bond acceptors (Lipinski definition) is 7. The van der Waals surface area contributed by atoms with Gasteiger partial charge in [0.15, 0.2) is 28.3 Å². The zero-order valence-corrected chi connectivity index (χ0v) is 15.4. The molecule has 9 heteroatoms. The van der Waals surface area contributed by atoms with Crippen molar-refractivity contribution in [2.75, 3.05) is 30.5 Å². The number of ether oxygens (including phenoxy) is 2. The number of halogens is 1. The molecule has 142 valence electrons. The first-order valence-corrected chi connectivity index (χ1v) is 9.73. The number of thioether (sulfide) groups is 1. The van der Waals surface area contributed by atoms with Gasteiger partial charge in [0.25, 0.3) is 0 Å². The number of carbonyl (C=O) groups excluding carboxylic acids is 1. The molecule has 0 atom stereocenters. The molecule has 0 aliphatic carbocycles. The van der Waals surface area contributed by atoms with Crippen LogP contribution in [-0.4, -0.2) is 41.5 Å². The van der Waals surface area contributed by atoms with E-state index in [1.165, 1.54) is 18.0 Å². The zero-order valence-electron chi connectivity index (χ0n) is 14.6. The highest BCUT2D eigenvalue weighted by atomic mass is 32.2. The third kappa shape index (κ3) is 4.24. The summed E-state index contributed by atoms with van der Waals surface area (Å²) in [6.07, 6.45) is 3.25. The van der Waals surface area contributed by atoms with Crippen molar-refractivity contribution in [3.63, 3.8) is 0 Å². The second kappa shape index (κ2) is 7.99. The molecular weight excluding hydrogens is 371 g/mol. The van der Waals surface area contributed by atoms with Crippen LogP contribution in [0, 0.1) is 5.82 Å². The van der Waals surface area contributed by atoms with E-state index < -0.39 is 5.82 Å². The lowest BCUT2D eigenvalue weighted by Crippen LogP contribution is -2.25. The largest absolute Gasteiger partial charge is 0.454 e. The van der Waals surface area contributed by atoms with Crippen LogP contribution in [0.3, 0.4) is 0 Å². The SMILES string of the molecule is O=C(CSc1ncc(F)c(N2CCCC2)n1)NCc1ccc2c(c1)OCO2. The number of aromatic nitrogens is 2. The molecule has 0 unspecified atom stereocenters. The summed E-state index contributed by atoms with van der Waals surface area (Å²) in [6.45, 7) is 2.21. The molecule has 2 aromatic rings. The average molecular weight is 390 g/mol. The van der Waals surface area contributed by atoms with Crippen molar-refractivity contribution < 1.29 is 18.7 Å². The number of anilines is 1. The van der Waals surface area contributed by atoms with Crippen molar-refractivity contribution in [3.8, 4) is 11.5 Å². The highest BCUT2D eigenvalue weighted by Crippen LogP contribution is 2.32. The molecule has 4 rings (SSSR count). The minimum absolute atomic E-state index is 0.145. The van der Waals surface area contributed by atoms with Gasteiger partial charge in [-0.2, -0.15) is 0 Å². The van der Waals surface area contributed by atoms with Crippen molar-refractivity contribution in [1.82, 2.24) is 15.3 Å². The van der Waals surface area contributed by atoms with E-state index in [2.05, 4.69) is 15.3 Å². The highest BCUT2D eigenvalue weighted by Gasteiger charge is 2.19. The molecule has 2 aliphatic heterocycles. The molecule has 0 radical (unpaired) electrons. The minimum Gasteiger partial charge on any atom is -0.454 e. The monoisotopic (exact) mass is 390 g/mol. The number of amides is 1. The van der Waals surface area contributed by atoms with Crippen LogP contribution in [-0.2, 0) is 11.3 Å². The van der Waals surface area contributed by atoms with E-state index >= 15 is 0 Å². The molecule has 0 saturated carbocycles. The summed E-state index contributed by atoms with van der Waals surface area (Å²) in [5.74, 6) is 1.32. The molecule has 1 aromatic heterocycles. The maximum absolute atomic E-state index is 13.9. The van der Waals surface area contributed by atoms with Crippen molar-refractivity contribution in [1.29, 1.82) is 0 Å². The lowest BCUT2D eigenvalue weighted by atomic mass is 10.2. The Balaban J connectivity index is 1.29. The molecular formula is C18H19FN4O3S. The number of fused-ring (bicyclic) bond motifs is 1. The summed E-state index contributed by atoms with van der Waals surface area (Å²) in [5, 5.41) is 3.24. The first kappa shape index (κ1) is 17.8. The summed E-state index contributed by atoms with van der Waals surface area (Å²) in [4.78, 5) is 22.3. The van der Waals surface area contributed by atoms with Crippen LogP contribution >= 0.6 is 11.8 Å². The van der Waals surface area contributed by atoms with Gasteiger partial charge in [-0.1, -0.05) is 17.8 Å². The standard InChI is InChI=1S/C18H19FN4O3S/c19-13-9-21-18(22-17(13)23-5-1-2-6-23)27-10-16(24)20-8-12-3-4-14-15(7-12)26-11-25-14/h3-4,7,9H,1-2,5-6,8,10-11H2,(H,20,24). The molecule has 27 heavy (non-hydrogen) atoms. The van der Waals surface area contributed by atoms with Gasteiger partial charge in [-0.15, -0.1) is 0 Å². The van der Waals surface area contributed by atoms with Crippen LogP contribution in [0.4, 0.5) is 10.2 Å². The first-order valence-electron chi connectivity index (χ1n) is 8.74. The summed E-state index contributed by atoms with van der Waals surface area (Å²) in [7, 11) is 0. The Bertz CT molecular complexity index is 845. The quantitative estimate of drug-likeness (QED) is 0.599. The Hall–Kier alpha value is -2.55. The Labute approximate surface area is 160 Å². The molecule has 0 spiro atoms. The summed E-state index contributed by atoms with van der Waals surface area (Å²) < 4.78 is 24.5. The van der Waals surface area contributed by atoms with Crippen molar-refractivity contribution >= 4 is 23.5 Å². The van der Waals surface area contributed by atoms with E-state index in [1.54, 1.807) is 0 Å². The lowest BCUT2D eigenvalue weighted by Gasteiger charge is -2.17. The van der Waals surface area contributed by atoms with Gasteiger partial charge >= 0.3 is 0 Å². The summed E-state index contributed by atoms with van der Waals surface area (Å²) >= 11 is 1.19. The lowest BCUT2D eigenvalue weighted by molar-refractivity contribution is -0.118. The minimum atomic E-state index is -0.423. The molecule has 1 saturated heterocycles. The molecule has 7 nitrogen and oxygen atoms in total. The Kier molecular flexibility index (Phi) is 5.28. The van der Waals surface area contributed by atoms with Gasteiger partial charge in [0.2, 0.25) is 12.7 Å². The molecule has 1 fully saturated rings. The number of hydrogen-bond donors (Lipinski definition) is 1. The maximum Gasteiger partial charge on any atom is 0.231 e. The van der Waals surface area contributed by atoms with Gasteiger partial charge < -0.3 is 19.7 Å². The van der Waals surface area contributed by atoms with Crippen LogP contribution < -0.4 is 19.7 Å². The van der Waals surface area contributed by atoms with E-state index in [0.29, 0.717) is 29.0 Å². The van der Waals surface area contributed by atoms with E-state index in [4.69, 9.17) is 9.47 Å². The maximum atomic E-state index is 13.9. The van der Waals surface area contributed by atoms with Crippen molar-refractivity contribution in [2.45, 2.75) is 24.5 Å². The third-order valence-corrected chi connectivity index (χ3v) is 5.23. The van der Waals surface area contributed by atoms with E-state index in [-0.39, 0.29) is 18.5 Å². The van der Waals surface area contributed by atoms with Crippen molar-refractivity contribution in [2.24, 2.45) is 0 Å². The van der Waals surface area contributed by atoms with Gasteiger partial charge in [-0.3, -0.25) is 4.79 Å². The third-order valence-electron chi connectivity index (χ3n) is 4.37. The van der Waals surface area contributed by atoms with Gasteiger partial charge in [0.05, 0.1) is 11.9 Å². The van der Waals surface area contributed by atoms with Gasteiger partial charge in [-0.25, -0.2) is 14.4 Å². The number of rotatable bonds is 6. The van der Waals surface area contributed by atoms with E-state index in [1.807, 2.05) is 23.1 Å². The van der Waals surface area contributed by atoms with Gasteiger partial charge in [-0.05, 0) is 30.5 Å². The smallest absolute Gasteiger partial charge is 0.231 e. The predicted molar refractivity (Wildman–Crippen MR) is 98.6 cm³/mol. The number of benzene rings is 1. The molecule has 0 bridgehead atoms. The second-order valence-corrected chi connectivity index (χ2v) is 7.21. The second-order valence-electron chi connectivity index (χ2n) is 6.27. The first-order chi connectivity index (χ1) is 13.2. The zero-order chi connectivity index (χ0) is 18.6. The highest BCUT2D eigenvalue weighted by molar-refractivity contribution is 7.99. The fraction of sp³-hybridized carbons (Fsp3) is 0.389. The van der Waals surface area contributed by atoms with Crippen LogP contribution in [0.15, 0.2) is 29.6 Å². The topological polar surface area (TPSA) is 76.6 Å². The van der Waals surface area contributed by atoms with Crippen molar-refractivity contribution in [3.05, 3.63) is 35.8 Å². The summed E-state index contributed by atoms with van der Waals surface area (Å²) in [6, 6.07) is 5.55. The Morgan fingerprint density at radius 3 is 2.93 bits per heavy atom. The number of carbonyl (C=O) groups is 1. The fourth-order valence-electron chi connectivity index (χ4n) is 3.00. The molecule has 3 heterocycles. The van der Waals surface area contributed by atoms with Crippen LogP contribution in [0.1, 0.15) is 18.4 Å². The summed E-state index contributed by atoms with van der Waals surface area (Å²) in [5.41, 5.74) is 0.923. The Morgan fingerprint density at radius 1 is 1.26 bits per heavy atom. The number of nitrogens with one attached hydrogen (secondary N) is 1. The average Bonchev–Trinajstić information content (AvgIpc) is 3.37. The van der Waals surface area contributed by atoms with Gasteiger partial charge in [0, 0.05) is 19.6 Å². The molecule has 2 aliphatic rings. The van der Waals surface area contributed by atoms with Gasteiger partial charge in [0.1, 0.15) is 0 Å². The predicted octanol–water partition coefficient (Wildman–Crippen LogP) is 2.35. The number of nitrogens with zero attached hydrogens (tertiary/aromatic N) is 3. The fourth-order valence-corrected chi connectivity index (χ4v) is 3.64. The van der Waals surface area contributed by atoms with Crippen LogP contribution in [0.2, 0.25) is 0 Å². The van der Waals surface area contributed by atoms with Crippen LogP contribution in [0.25, 0.3) is 0 Å². The molecule has 1 amide bonds. The Morgan fingerprint density at radius 2 is 2.07 bits per heavy atom. The van der Waals surface area contributed by atoms with Crippen LogP contribution in [0.5, 0.6) is 11.5 Å². The molecule has 1 N–H and O–H groups in total. The van der Waals surface area contributed by atoms with E-state index in [0.717, 1.165) is 31.5 Å². The molecule has 1 aromatic carbocycles. The normalized spacial score (nSPS) is 15.2.